The van der Waals surface area contributed by atoms with Crippen molar-refractivity contribution in [2.45, 2.75) is 52.0 Å². The molecule has 4 aromatic rings. The molecule has 0 bridgehead atoms. The Hall–Kier alpha value is -4.01. The van der Waals surface area contributed by atoms with Crippen LogP contribution in [0.3, 0.4) is 0 Å². The van der Waals surface area contributed by atoms with Gasteiger partial charge in [0.2, 0.25) is 5.82 Å². The summed E-state index contributed by atoms with van der Waals surface area (Å²) < 4.78 is 15.2. The van der Waals surface area contributed by atoms with Gasteiger partial charge in [0.05, 0.1) is 31.2 Å². The topological polar surface area (TPSA) is 98.5 Å². The molecule has 0 radical (unpaired) electrons. The van der Waals surface area contributed by atoms with E-state index < -0.39 is 0 Å². The molecule has 37 heavy (non-hydrogen) atoms. The van der Waals surface area contributed by atoms with Crippen molar-refractivity contribution in [1.82, 2.24) is 30.2 Å². The predicted molar refractivity (Wildman–Crippen MR) is 137 cm³/mol. The third-order valence-corrected chi connectivity index (χ3v) is 7.59. The van der Waals surface area contributed by atoms with E-state index >= 15 is 4.39 Å². The molecule has 0 spiro atoms. The molecule has 2 aliphatic carbocycles. The molecule has 2 aromatic heterocycles. The first-order valence-corrected chi connectivity index (χ1v) is 12.6. The highest BCUT2D eigenvalue weighted by molar-refractivity contribution is 5.82. The van der Waals surface area contributed by atoms with Crippen molar-refractivity contribution in [3.8, 4) is 22.5 Å². The Morgan fingerprint density at radius 3 is 2.54 bits per heavy atom. The van der Waals surface area contributed by atoms with Crippen LogP contribution < -0.4 is 5.32 Å². The molecule has 8 nitrogen and oxygen atoms in total. The maximum atomic E-state index is 15.2. The lowest BCUT2D eigenvalue weighted by molar-refractivity contribution is -0.118. The first kappa shape index (κ1) is 23.4. The number of nitrogens with zero attached hydrogens (tertiary/aromatic N) is 6. The van der Waals surface area contributed by atoms with Gasteiger partial charge >= 0.3 is 0 Å². The average Bonchev–Trinajstić information content (AvgIpc) is 3.38. The van der Waals surface area contributed by atoms with Gasteiger partial charge < -0.3 is 5.32 Å². The average molecular weight is 498 g/mol. The number of tetrazole rings is 1. The van der Waals surface area contributed by atoms with Crippen LogP contribution in [0.5, 0.6) is 0 Å². The van der Waals surface area contributed by atoms with E-state index in [1.165, 1.54) is 4.80 Å². The minimum Gasteiger partial charge on any atom is -0.362 e. The van der Waals surface area contributed by atoms with E-state index in [2.05, 4.69) is 56.7 Å². The summed E-state index contributed by atoms with van der Waals surface area (Å²) in [5, 5.41) is 15.8. The fraction of sp³-hybridized carbons (Fsp3) is 0.357. The van der Waals surface area contributed by atoms with Crippen LogP contribution in [0.1, 0.15) is 59.7 Å². The van der Waals surface area contributed by atoms with Crippen molar-refractivity contribution in [2.75, 3.05) is 5.32 Å². The number of carbonyl (C=O) groups is 1. The smallest absolute Gasteiger partial charge is 0.204 e. The van der Waals surface area contributed by atoms with Crippen LogP contribution in [0.25, 0.3) is 22.5 Å². The van der Waals surface area contributed by atoms with Crippen molar-refractivity contribution < 1.29 is 9.18 Å². The van der Waals surface area contributed by atoms with E-state index in [4.69, 9.17) is 0 Å². The van der Waals surface area contributed by atoms with Crippen LogP contribution in [0.2, 0.25) is 0 Å². The highest BCUT2D eigenvalue weighted by Gasteiger charge is 2.43. The van der Waals surface area contributed by atoms with Crippen LogP contribution in [0.15, 0.2) is 36.7 Å². The summed E-state index contributed by atoms with van der Waals surface area (Å²) in [5.41, 5.74) is 7.81. The summed E-state index contributed by atoms with van der Waals surface area (Å²) in [6, 6.07) is 7.39. The highest BCUT2D eigenvalue weighted by atomic mass is 19.1. The Labute approximate surface area is 214 Å². The molecule has 2 heterocycles. The van der Waals surface area contributed by atoms with Gasteiger partial charge in [0.25, 0.3) is 0 Å². The molecule has 1 fully saturated rings. The zero-order valence-electron chi connectivity index (χ0n) is 21.3. The molecule has 1 saturated carbocycles. The monoisotopic (exact) mass is 497 g/mol. The second-order valence-electron chi connectivity index (χ2n) is 10.2. The predicted octanol–water partition coefficient (Wildman–Crippen LogP) is 4.88. The standard InChI is InChI=1S/C28H28FN7O/c1-14-9-17(28-33-35-36(4)34-28)10-15(2)26(14)18-5-7-22(29)27-19(18)6-8-23(27)32-25-13-30-24(12-31-25)21-11-20(21)16(3)37/h5,7,9-10,12-13,20-21,23H,6,8,11H2,1-4H3,(H,31,32)/t20-,21+,23-/m1/s1. The molecule has 0 aliphatic heterocycles. The molecule has 0 amide bonds. The van der Waals surface area contributed by atoms with Gasteiger partial charge in [0, 0.05) is 23.0 Å². The number of halogens is 1. The molecule has 6 rings (SSSR count). The molecule has 3 atom stereocenters. The van der Waals surface area contributed by atoms with Gasteiger partial charge in [-0.05, 0) is 91.3 Å². The first-order valence-electron chi connectivity index (χ1n) is 12.6. The number of Topliss-reactive ketones (excluding diaryl/α,β-unsaturated/α-hetero) is 1. The van der Waals surface area contributed by atoms with Crippen molar-refractivity contribution >= 4 is 11.6 Å². The minimum absolute atomic E-state index is 0.0696. The third-order valence-electron chi connectivity index (χ3n) is 7.59. The number of aromatic nitrogens is 6. The van der Waals surface area contributed by atoms with E-state index in [1.54, 1.807) is 32.4 Å². The van der Waals surface area contributed by atoms with E-state index in [-0.39, 0.29) is 29.5 Å². The number of nitrogens with one attached hydrogen (secondary N) is 1. The van der Waals surface area contributed by atoms with Gasteiger partial charge in [0.1, 0.15) is 17.4 Å². The number of hydrogen-bond acceptors (Lipinski definition) is 7. The lowest BCUT2D eigenvalue weighted by atomic mass is 9.89. The molecule has 2 aliphatic rings. The van der Waals surface area contributed by atoms with Gasteiger partial charge in [-0.2, -0.15) is 4.80 Å². The summed E-state index contributed by atoms with van der Waals surface area (Å²) in [7, 11) is 1.74. The molecule has 1 N–H and O–H groups in total. The van der Waals surface area contributed by atoms with E-state index in [0.717, 1.165) is 58.3 Å². The second-order valence-corrected chi connectivity index (χ2v) is 10.2. The number of aryl methyl sites for hydroxylation is 3. The SMILES string of the molecule is CC(=O)[C@H]1C[C@@H]1c1cnc(N[C@@H]2CCc3c(-c4c(C)cc(-c5nnn(C)n5)cc4C)ccc(F)c32)cn1. The van der Waals surface area contributed by atoms with E-state index in [9.17, 15) is 4.79 Å². The number of ketones is 1. The maximum absolute atomic E-state index is 15.2. The zero-order chi connectivity index (χ0) is 25.8. The number of carbonyl (C=O) groups excluding carboxylic acids is 1. The lowest BCUT2D eigenvalue weighted by Crippen LogP contribution is -2.11. The van der Waals surface area contributed by atoms with Gasteiger partial charge in [-0.3, -0.25) is 9.78 Å². The van der Waals surface area contributed by atoms with Gasteiger partial charge in [-0.15, -0.1) is 10.2 Å². The van der Waals surface area contributed by atoms with Crippen LogP contribution >= 0.6 is 0 Å². The highest BCUT2D eigenvalue weighted by Crippen LogP contribution is 2.47. The van der Waals surface area contributed by atoms with Crippen molar-refractivity contribution in [3.63, 3.8) is 0 Å². The number of benzene rings is 2. The number of rotatable bonds is 6. The van der Waals surface area contributed by atoms with Crippen LogP contribution in [0, 0.1) is 25.6 Å². The summed E-state index contributed by atoms with van der Waals surface area (Å²) in [6.07, 6.45) is 5.80. The Kier molecular flexibility index (Phi) is 5.58. The van der Waals surface area contributed by atoms with Crippen LogP contribution in [-0.4, -0.2) is 36.0 Å². The lowest BCUT2D eigenvalue weighted by Gasteiger charge is -2.18. The molecule has 2 aromatic carbocycles. The second kappa shape index (κ2) is 8.83. The normalized spacial score (nSPS) is 20.1. The van der Waals surface area contributed by atoms with Crippen LogP contribution in [-0.2, 0) is 18.3 Å². The molecule has 188 valence electrons. The summed E-state index contributed by atoms with van der Waals surface area (Å²) in [4.78, 5) is 22.1. The fourth-order valence-electron chi connectivity index (χ4n) is 5.76. The van der Waals surface area contributed by atoms with Crippen molar-refractivity contribution in [2.24, 2.45) is 13.0 Å². The number of hydrogen-bond donors (Lipinski definition) is 1. The first-order chi connectivity index (χ1) is 17.8. The van der Waals surface area contributed by atoms with Crippen LogP contribution in [0.4, 0.5) is 10.2 Å². The Bertz CT molecular complexity index is 1510. The summed E-state index contributed by atoms with van der Waals surface area (Å²) >= 11 is 0. The maximum Gasteiger partial charge on any atom is 0.204 e. The molecule has 0 saturated heterocycles. The van der Waals surface area contributed by atoms with E-state index in [1.807, 2.05) is 6.07 Å². The molecule has 9 heteroatoms. The molecule has 0 unspecified atom stereocenters. The van der Waals surface area contributed by atoms with E-state index in [0.29, 0.717) is 17.2 Å². The quantitative estimate of drug-likeness (QED) is 0.405. The Balaban J connectivity index is 1.29. The molecular formula is C28H28FN7O. The fourth-order valence-corrected chi connectivity index (χ4v) is 5.76. The van der Waals surface area contributed by atoms with Gasteiger partial charge in [-0.25, -0.2) is 9.37 Å². The van der Waals surface area contributed by atoms with Crippen molar-refractivity contribution in [1.29, 1.82) is 0 Å². The summed E-state index contributed by atoms with van der Waals surface area (Å²) in [6.45, 7) is 5.76. The molecular weight excluding hydrogens is 469 g/mol. The Morgan fingerprint density at radius 2 is 1.92 bits per heavy atom. The summed E-state index contributed by atoms with van der Waals surface area (Å²) in [5.74, 6) is 1.43. The van der Waals surface area contributed by atoms with Gasteiger partial charge in [0.15, 0.2) is 0 Å². The minimum atomic E-state index is -0.212. The van der Waals surface area contributed by atoms with Crippen molar-refractivity contribution in [3.05, 3.63) is 70.4 Å². The number of anilines is 1. The van der Waals surface area contributed by atoms with Gasteiger partial charge in [-0.1, -0.05) is 6.07 Å². The largest absolute Gasteiger partial charge is 0.362 e. The third kappa shape index (κ3) is 4.18. The number of fused-ring (bicyclic) bond motifs is 1. The Morgan fingerprint density at radius 1 is 1.14 bits per heavy atom. The zero-order valence-corrected chi connectivity index (χ0v) is 21.3.